The number of piperidine rings is 1. The van der Waals surface area contributed by atoms with Gasteiger partial charge in [-0.15, -0.1) is 0 Å². The number of fused-ring (bicyclic) bond motifs is 2. The monoisotopic (exact) mass is 447 g/mol. The van der Waals surface area contributed by atoms with Crippen LogP contribution in [0, 0.1) is 0 Å². The Morgan fingerprint density at radius 3 is 2.61 bits per heavy atom. The summed E-state index contributed by atoms with van der Waals surface area (Å²) in [4.78, 5) is 15.6. The van der Waals surface area contributed by atoms with Gasteiger partial charge >= 0.3 is 0 Å². The molecule has 8 nitrogen and oxygen atoms in total. The van der Waals surface area contributed by atoms with Crippen molar-refractivity contribution in [1.29, 1.82) is 0 Å². The third-order valence-corrected chi connectivity index (χ3v) is 6.81. The highest BCUT2D eigenvalue weighted by Crippen LogP contribution is 2.31. The van der Waals surface area contributed by atoms with Crippen LogP contribution in [0.2, 0.25) is 0 Å². The quantitative estimate of drug-likeness (QED) is 0.451. The van der Waals surface area contributed by atoms with Crippen molar-refractivity contribution in [3.63, 3.8) is 0 Å². The number of ether oxygens (including phenoxy) is 1. The van der Waals surface area contributed by atoms with Crippen molar-refractivity contribution in [2.75, 3.05) is 59.3 Å². The van der Waals surface area contributed by atoms with Gasteiger partial charge in [-0.05, 0) is 70.4 Å². The first-order valence-electron chi connectivity index (χ1n) is 11.6. The number of likely N-dealkylation sites (N-methyl/N-ethyl adjacent to an activating group) is 2. The van der Waals surface area contributed by atoms with Gasteiger partial charge in [0.2, 0.25) is 0 Å². The van der Waals surface area contributed by atoms with Crippen molar-refractivity contribution in [3.8, 4) is 17.3 Å². The zero-order valence-corrected chi connectivity index (χ0v) is 19.9. The van der Waals surface area contributed by atoms with Crippen molar-refractivity contribution < 1.29 is 4.74 Å². The van der Waals surface area contributed by atoms with Crippen molar-refractivity contribution >= 4 is 27.6 Å². The van der Waals surface area contributed by atoms with Crippen LogP contribution in [-0.4, -0.2) is 90.4 Å². The van der Waals surface area contributed by atoms with Crippen LogP contribution in [0.3, 0.4) is 0 Å². The van der Waals surface area contributed by atoms with Gasteiger partial charge in [0.05, 0.1) is 23.7 Å². The van der Waals surface area contributed by atoms with E-state index in [9.17, 15) is 0 Å². The van der Waals surface area contributed by atoms with Crippen LogP contribution < -0.4 is 9.64 Å². The lowest BCUT2D eigenvalue weighted by Crippen LogP contribution is -2.45. The van der Waals surface area contributed by atoms with Crippen LogP contribution in [-0.2, 0) is 0 Å². The molecule has 0 unspecified atom stereocenters. The summed E-state index contributed by atoms with van der Waals surface area (Å²) in [6.45, 7) is 4.38. The fraction of sp³-hybridized carbons (Fsp3) is 0.440. The first-order valence-corrected chi connectivity index (χ1v) is 11.6. The highest BCUT2D eigenvalue weighted by atomic mass is 16.5. The maximum atomic E-state index is 5.39. The van der Waals surface area contributed by atoms with E-state index in [1.807, 2.05) is 18.2 Å². The van der Waals surface area contributed by atoms with Gasteiger partial charge in [0.15, 0.2) is 5.82 Å². The molecule has 0 spiro atoms. The summed E-state index contributed by atoms with van der Waals surface area (Å²) in [6, 6.07) is 13.1. The summed E-state index contributed by atoms with van der Waals surface area (Å²) >= 11 is 0. The van der Waals surface area contributed by atoms with E-state index in [4.69, 9.17) is 9.72 Å². The Labute approximate surface area is 194 Å². The number of rotatable bonds is 7. The minimum absolute atomic E-state index is 0.661. The number of hydrogen-bond acceptors (Lipinski definition) is 6. The van der Waals surface area contributed by atoms with Crippen LogP contribution >= 0.6 is 0 Å². The Kier molecular flexibility index (Phi) is 5.95. The zero-order chi connectivity index (χ0) is 22.9. The molecule has 1 fully saturated rings. The molecule has 0 aliphatic carbocycles. The summed E-state index contributed by atoms with van der Waals surface area (Å²) in [5.41, 5.74) is 5.01. The first kappa shape index (κ1) is 21.7. The number of nitrogens with one attached hydrogen (secondary N) is 2. The van der Waals surface area contributed by atoms with E-state index in [2.05, 4.69) is 69.2 Å². The molecule has 1 aliphatic rings. The number of anilines is 1. The summed E-state index contributed by atoms with van der Waals surface area (Å²) in [5, 5.41) is 8.59. The molecule has 174 valence electrons. The lowest BCUT2D eigenvalue weighted by molar-refractivity contribution is 0.190. The number of imidazole rings is 1. The van der Waals surface area contributed by atoms with Gasteiger partial charge in [-0.25, -0.2) is 4.98 Å². The van der Waals surface area contributed by atoms with E-state index in [1.165, 1.54) is 18.5 Å². The number of hydrogen-bond donors (Lipinski definition) is 2. The van der Waals surface area contributed by atoms with E-state index in [0.717, 1.165) is 65.4 Å². The van der Waals surface area contributed by atoms with Crippen LogP contribution in [0.5, 0.6) is 5.75 Å². The van der Waals surface area contributed by atoms with E-state index >= 15 is 0 Å². The van der Waals surface area contributed by atoms with Gasteiger partial charge in [-0.2, -0.15) is 5.10 Å². The first-order chi connectivity index (χ1) is 16.0. The normalized spacial score (nSPS) is 15.4. The van der Waals surface area contributed by atoms with Gasteiger partial charge in [0.25, 0.3) is 0 Å². The average Bonchev–Trinajstić information content (AvgIpc) is 3.45. The molecule has 2 aromatic carbocycles. The second-order valence-electron chi connectivity index (χ2n) is 9.27. The van der Waals surface area contributed by atoms with Crippen molar-refractivity contribution in [2.24, 2.45) is 0 Å². The molecule has 1 aliphatic heterocycles. The third-order valence-electron chi connectivity index (χ3n) is 6.81. The molecule has 0 radical (unpaired) electrons. The maximum Gasteiger partial charge on any atom is 0.159 e. The van der Waals surface area contributed by atoms with Gasteiger partial charge in [-0.1, -0.05) is 0 Å². The largest absolute Gasteiger partial charge is 0.497 e. The van der Waals surface area contributed by atoms with Crippen LogP contribution in [0.25, 0.3) is 33.5 Å². The lowest BCUT2D eigenvalue weighted by atomic mass is 10.0. The molecular weight excluding hydrogens is 414 g/mol. The predicted molar refractivity (Wildman–Crippen MR) is 134 cm³/mol. The second-order valence-corrected chi connectivity index (χ2v) is 9.27. The standard InChI is InChI=1S/C25H33N7O/c1-30(2)13-14-31(3)17-9-11-32(12-10-17)18-5-7-22-23(15-18)27-25(26-22)24-20-16-19(33-4)6-8-21(20)28-29-24/h5-8,15-17H,9-14H2,1-4H3,(H,26,27)(H,28,29). The van der Waals surface area contributed by atoms with Crippen molar-refractivity contribution in [2.45, 2.75) is 18.9 Å². The summed E-state index contributed by atoms with van der Waals surface area (Å²) in [6.07, 6.45) is 2.38. The Morgan fingerprint density at radius 2 is 1.85 bits per heavy atom. The van der Waals surface area contributed by atoms with Crippen LogP contribution in [0.4, 0.5) is 5.69 Å². The number of benzene rings is 2. The molecule has 0 amide bonds. The van der Waals surface area contributed by atoms with Gasteiger partial charge in [-0.3, -0.25) is 5.10 Å². The second kappa shape index (κ2) is 9.03. The van der Waals surface area contributed by atoms with Crippen LogP contribution in [0.1, 0.15) is 12.8 Å². The maximum absolute atomic E-state index is 5.39. The van der Waals surface area contributed by atoms with E-state index in [-0.39, 0.29) is 0 Å². The summed E-state index contributed by atoms with van der Waals surface area (Å²) in [7, 11) is 8.21. The topological polar surface area (TPSA) is 76.3 Å². The Balaban J connectivity index is 1.32. The Hall–Kier alpha value is -3.10. The molecule has 8 heteroatoms. The number of aromatic nitrogens is 4. The molecule has 4 aromatic rings. The summed E-state index contributed by atoms with van der Waals surface area (Å²) in [5.74, 6) is 1.57. The molecule has 33 heavy (non-hydrogen) atoms. The van der Waals surface area contributed by atoms with Crippen molar-refractivity contribution in [3.05, 3.63) is 36.4 Å². The minimum atomic E-state index is 0.661. The van der Waals surface area contributed by atoms with Gasteiger partial charge in [0, 0.05) is 43.3 Å². The Morgan fingerprint density at radius 1 is 1.03 bits per heavy atom. The van der Waals surface area contributed by atoms with Gasteiger partial charge in [0.1, 0.15) is 11.4 Å². The SMILES string of the molecule is COc1ccc2[nH]nc(-c3nc4ccc(N5CCC(N(C)CCN(C)C)CC5)cc4[nH]3)c2c1. The molecule has 0 bridgehead atoms. The predicted octanol–water partition coefficient (Wildman–Crippen LogP) is 3.58. The fourth-order valence-electron chi connectivity index (χ4n) is 4.71. The average molecular weight is 448 g/mol. The highest BCUT2D eigenvalue weighted by molar-refractivity contribution is 5.94. The lowest BCUT2D eigenvalue weighted by Gasteiger charge is -2.38. The fourth-order valence-corrected chi connectivity index (χ4v) is 4.71. The highest BCUT2D eigenvalue weighted by Gasteiger charge is 2.23. The molecule has 0 atom stereocenters. The third kappa shape index (κ3) is 4.41. The Bertz CT molecular complexity index is 1240. The number of aromatic amines is 2. The molecule has 2 aromatic heterocycles. The van der Waals surface area contributed by atoms with E-state index < -0.39 is 0 Å². The van der Waals surface area contributed by atoms with Crippen LogP contribution in [0.15, 0.2) is 36.4 Å². The zero-order valence-electron chi connectivity index (χ0n) is 19.9. The molecule has 0 saturated carbocycles. The molecule has 5 rings (SSSR count). The molecule has 1 saturated heterocycles. The molecule has 3 heterocycles. The number of H-pyrrole nitrogens is 2. The van der Waals surface area contributed by atoms with Crippen molar-refractivity contribution in [1.82, 2.24) is 30.0 Å². The smallest absolute Gasteiger partial charge is 0.159 e. The number of nitrogens with zero attached hydrogens (tertiary/aromatic N) is 5. The summed E-state index contributed by atoms with van der Waals surface area (Å²) < 4.78 is 5.39. The van der Waals surface area contributed by atoms with E-state index in [0.29, 0.717) is 6.04 Å². The van der Waals surface area contributed by atoms with E-state index in [1.54, 1.807) is 7.11 Å². The minimum Gasteiger partial charge on any atom is -0.497 e. The molecular formula is C25H33N7O. The number of methoxy groups -OCH3 is 1. The van der Waals surface area contributed by atoms with Gasteiger partial charge < -0.3 is 24.4 Å². The molecule has 2 N–H and O–H groups in total.